The fourth-order valence-electron chi connectivity index (χ4n) is 3.97. The summed E-state index contributed by atoms with van der Waals surface area (Å²) in [6.07, 6.45) is 2.36. The van der Waals surface area contributed by atoms with E-state index in [-0.39, 0.29) is 11.9 Å². The number of amides is 1. The standard InChI is InChI=1S/C19H23N3O3/c1-12-11-17(21-25-12)24-16-5-3-15(4-6-16)19(23)20-18-13(2)22-9-7-14(18)8-10-22/h3-6,11,13-14,18H,7-10H2,1-2H3,(H,20,23)/t13-,18-/m0/s1. The number of aryl methyl sites for hydroxylation is 1. The van der Waals surface area contributed by atoms with Crippen LogP contribution in [0.2, 0.25) is 0 Å². The molecule has 132 valence electrons. The normalized spacial score (nSPS) is 27.9. The highest BCUT2D eigenvalue weighted by atomic mass is 16.5. The van der Waals surface area contributed by atoms with E-state index in [1.807, 2.05) is 6.92 Å². The second-order valence-corrected chi connectivity index (χ2v) is 7.02. The van der Waals surface area contributed by atoms with Crippen molar-refractivity contribution in [2.75, 3.05) is 13.1 Å². The van der Waals surface area contributed by atoms with Gasteiger partial charge >= 0.3 is 0 Å². The maximum Gasteiger partial charge on any atom is 0.259 e. The van der Waals surface area contributed by atoms with E-state index in [2.05, 4.69) is 22.3 Å². The second-order valence-electron chi connectivity index (χ2n) is 7.02. The van der Waals surface area contributed by atoms with E-state index in [0.29, 0.717) is 34.9 Å². The average Bonchev–Trinajstić information content (AvgIpc) is 3.04. The van der Waals surface area contributed by atoms with Gasteiger partial charge in [-0.05, 0) is 75.1 Å². The van der Waals surface area contributed by atoms with Gasteiger partial charge in [0.15, 0.2) is 0 Å². The average molecular weight is 341 g/mol. The number of hydrogen-bond acceptors (Lipinski definition) is 5. The predicted molar refractivity (Wildman–Crippen MR) is 92.8 cm³/mol. The Kier molecular flexibility index (Phi) is 4.21. The lowest BCUT2D eigenvalue weighted by atomic mass is 9.79. The first-order chi connectivity index (χ1) is 12.1. The fourth-order valence-corrected chi connectivity index (χ4v) is 3.97. The highest BCUT2D eigenvalue weighted by molar-refractivity contribution is 5.94. The van der Waals surface area contributed by atoms with E-state index in [4.69, 9.17) is 9.26 Å². The summed E-state index contributed by atoms with van der Waals surface area (Å²) in [6, 6.07) is 9.49. The quantitative estimate of drug-likeness (QED) is 0.926. The molecule has 3 saturated heterocycles. The number of nitrogens with one attached hydrogen (secondary N) is 1. The van der Waals surface area contributed by atoms with Gasteiger partial charge in [0, 0.05) is 23.7 Å². The van der Waals surface area contributed by atoms with Gasteiger partial charge in [-0.2, -0.15) is 0 Å². The van der Waals surface area contributed by atoms with Gasteiger partial charge < -0.3 is 14.6 Å². The number of carbonyl (C=O) groups excluding carboxylic acids is 1. The molecule has 3 aliphatic heterocycles. The van der Waals surface area contributed by atoms with Crippen LogP contribution < -0.4 is 10.1 Å². The van der Waals surface area contributed by atoms with E-state index in [1.165, 1.54) is 12.8 Å². The van der Waals surface area contributed by atoms with E-state index >= 15 is 0 Å². The van der Waals surface area contributed by atoms with Crippen molar-refractivity contribution < 1.29 is 14.1 Å². The minimum Gasteiger partial charge on any atom is -0.436 e. The maximum atomic E-state index is 12.6. The molecule has 2 bridgehead atoms. The first-order valence-electron chi connectivity index (χ1n) is 8.86. The summed E-state index contributed by atoms with van der Waals surface area (Å²) < 4.78 is 10.6. The van der Waals surface area contributed by atoms with Crippen molar-refractivity contribution in [3.05, 3.63) is 41.7 Å². The molecular weight excluding hydrogens is 318 g/mol. The molecule has 1 aromatic heterocycles. The van der Waals surface area contributed by atoms with Crippen molar-refractivity contribution in [1.29, 1.82) is 0 Å². The van der Waals surface area contributed by atoms with Crippen molar-refractivity contribution in [3.8, 4) is 11.6 Å². The van der Waals surface area contributed by atoms with Crippen LogP contribution in [0.5, 0.6) is 11.6 Å². The number of rotatable bonds is 4. The Bertz CT molecular complexity index is 746. The van der Waals surface area contributed by atoms with Crippen LogP contribution in [0, 0.1) is 12.8 Å². The summed E-state index contributed by atoms with van der Waals surface area (Å²) >= 11 is 0. The molecule has 1 amide bonds. The lowest BCUT2D eigenvalue weighted by molar-refractivity contribution is 0.0217. The molecule has 2 aromatic rings. The Morgan fingerprint density at radius 3 is 2.60 bits per heavy atom. The molecule has 4 heterocycles. The summed E-state index contributed by atoms with van der Waals surface area (Å²) in [5.74, 6) is 2.31. The Morgan fingerprint density at radius 1 is 1.28 bits per heavy atom. The molecule has 1 aromatic carbocycles. The van der Waals surface area contributed by atoms with Crippen LogP contribution in [0.4, 0.5) is 0 Å². The monoisotopic (exact) mass is 341 g/mol. The van der Waals surface area contributed by atoms with Gasteiger partial charge in [0.2, 0.25) is 0 Å². The molecule has 25 heavy (non-hydrogen) atoms. The van der Waals surface area contributed by atoms with Crippen LogP contribution in [0.3, 0.4) is 0 Å². The summed E-state index contributed by atoms with van der Waals surface area (Å²) in [6.45, 7) is 6.34. The fraction of sp³-hybridized carbons (Fsp3) is 0.474. The first kappa shape index (κ1) is 16.1. The van der Waals surface area contributed by atoms with E-state index in [9.17, 15) is 4.79 Å². The molecule has 3 fully saturated rings. The van der Waals surface area contributed by atoms with Gasteiger partial charge in [0.1, 0.15) is 11.5 Å². The van der Waals surface area contributed by atoms with Crippen LogP contribution in [0.15, 0.2) is 34.9 Å². The molecule has 5 rings (SSSR count). The van der Waals surface area contributed by atoms with Gasteiger partial charge in [-0.25, -0.2) is 0 Å². The molecule has 0 spiro atoms. The van der Waals surface area contributed by atoms with Gasteiger partial charge in [-0.3, -0.25) is 9.69 Å². The second kappa shape index (κ2) is 6.52. The Hall–Kier alpha value is -2.34. The van der Waals surface area contributed by atoms with E-state index in [0.717, 1.165) is 13.1 Å². The van der Waals surface area contributed by atoms with Gasteiger partial charge in [0.25, 0.3) is 11.8 Å². The first-order valence-corrected chi connectivity index (χ1v) is 8.86. The number of ether oxygens (including phenoxy) is 1. The third-order valence-corrected chi connectivity index (χ3v) is 5.42. The minimum atomic E-state index is -0.0190. The summed E-state index contributed by atoms with van der Waals surface area (Å²) in [5, 5.41) is 7.04. The molecular formula is C19H23N3O3. The molecule has 2 atom stereocenters. The van der Waals surface area contributed by atoms with Crippen molar-refractivity contribution >= 4 is 5.91 Å². The molecule has 6 nitrogen and oxygen atoms in total. The number of fused-ring (bicyclic) bond motifs is 3. The van der Waals surface area contributed by atoms with Crippen molar-refractivity contribution in [1.82, 2.24) is 15.4 Å². The third-order valence-electron chi connectivity index (χ3n) is 5.42. The number of hydrogen-bond donors (Lipinski definition) is 1. The molecule has 0 saturated carbocycles. The van der Waals surface area contributed by atoms with Crippen LogP contribution in [0.1, 0.15) is 35.9 Å². The third kappa shape index (κ3) is 3.26. The summed E-state index contributed by atoms with van der Waals surface area (Å²) in [5.41, 5.74) is 0.646. The van der Waals surface area contributed by atoms with E-state index < -0.39 is 0 Å². The zero-order chi connectivity index (χ0) is 17.4. The van der Waals surface area contributed by atoms with Gasteiger partial charge in [-0.15, -0.1) is 0 Å². The Labute approximate surface area is 147 Å². The minimum absolute atomic E-state index is 0.0190. The lowest BCUT2D eigenvalue weighted by Gasteiger charge is -2.49. The van der Waals surface area contributed by atoms with Crippen molar-refractivity contribution in [3.63, 3.8) is 0 Å². The smallest absolute Gasteiger partial charge is 0.259 e. The lowest BCUT2D eigenvalue weighted by Crippen LogP contribution is -2.62. The molecule has 0 unspecified atom stereocenters. The Morgan fingerprint density at radius 2 is 2.00 bits per heavy atom. The number of nitrogens with zero attached hydrogens (tertiary/aromatic N) is 2. The van der Waals surface area contributed by atoms with Crippen molar-refractivity contribution in [2.24, 2.45) is 5.92 Å². The maximum absolute atomic E-state index is 12.6. The van der Waals surface area contributed by atoms with Gasteiger partial charge in [0.05, 0.1) is 0 Å². The summed E-state index contributed by atoms with van der Waals surface area (Å²) in [7, 11) is 0. The summed E-state index contributed by atoms with van der Waals surface area (Å²) in [4.78, 5) is 15.1. The zero-order valence-corrected chi connectivity index (χ0v) is 14.6. The molecule has 0 radical (unpaired) electrons. The van der Waals surface area contributed by atoms with E-state index in [1.54, 1.807) is 30.3 Å². The Balaban J connectivity index is 1.40. The van der Waals surface area contributed by atoms with Crippen LogP contribution in [-0.2, 0) is 0 Å². The topological polar surface area (TPSA) is 67.6 Å². The number of carbonyl (C=O) groups is 1. The van der Waals surface area contributed by atoms with Crippen LogP contribution in [0.25, 0.3) is 0 Å². The molecule has 3 aliphatic rings. The molecule has 1 N–H and O–H groups in total. The van der Waals surface area contributed by atoms with Crippen LogP contribution >= 0.6 is 0 Å². The largest absolute Gasteiger partial charge is 0.436 e. The predicted octanol–water partition coefficient (Wildman–Crippen LogP) is 2.99. The zero-order valence-electron chi connectivity index (χ0n) is 14.6. The highest BCUT2D eigenvalue weighted by Crippen LogP contribution is 2.32. The SMILES string of the molecule is Cc1cc(Oc2ccc(C(=O)N[C@@H]3C4CCN(CC4)[C@H]3C)cc2)no1. The highest BCUT2D eigenvalue weighted by Gasteiger charge is 2.40. The van der Waals surface area contributed by atoms with Crippen LogP contribution in [-0.4, -0.2) is 41.1 Å². The molecule has 6 heteroatoms. The molecule has 0 aliphatic carbocycles. The van der Waals surface area contributed by atoms with Crippen molar-refractivity contribution in [2.45, 2.75) is 38.8 Å². The number of piperidine rings is 3. The number of aromatic nitrogens is 1. The number of benzene rings is 1. The van der Waals surface area contributed by atoms with Gasteiger partial charge in [-0.1, -0.05) is 0 Å².